The molecule has 42 heavy (non-hydrogen) atoms. The van der Waals surface area contributed by atoms with Gasteiger partial charge >= 0.3 is 0 Å². The quantitative estimate of drug-likeness (QED) is 0.534. The van der Waals surface area contributed by atoms with Crippen molar-refractivity contribution in [3.8, 4) is 5.75 Å². The van der Waals surface area contributed by atoms with Crippen molar-refractivity contribution in [2.75, 3.05) is 26.3 Å². The van der Waals surface area contributed by atoms with Gasteiger partial charge in [0.05, 0.1) is 30.8 Å². The third-order valence-corrected chi connectivity index (χ3v) is 8.34. The van der Waals surface area contributed by atoms with Crippen LogP contribution in [-0.2, 0) is 28.7 Å². The van der Waals surface area contributed by atoms with Gasteiger partial charge in [0.15, 0.2) is 5.78 Å². The predicted octanol–water partition coefficient (Wildman–Crippen LogP) is 1.51. The van der Waals surface area contributed by atoms with Gasteiger partial charge < -0.3 is 29.7 Å². The fourth-order valence-electron chi connectivity index (χ4n) is 6.02. The van der Waals surface area contributed by atoms with Crippen LogP contribution in [0, 0.1) is 5.92 Å². The zero-order valence-electron chi connectivity index (χ0n) is 24.5. The second kappa shape index (κ2) is 14.1. The van der Waals surface area contributed by atoms with E-state index < -0.39 is 48.1 Å². The van der Waals surface area contributed by atoms with E-state index >= 15 is 0 Å². The van der Waals surface area contributed by atoms with Crippen molar-refractivity contribution >= 4 is 35.4 Å². The Balaban J connectivity index is 1.64. The zero-order chi connectivity index (χ0) is 30.4. The van der Waals surface area contributed by atoms with Gasteiger partial charge in [-0.25, -0.2) is 0 Å². The molecule has 1 aromatic carbocycles. The molecule has 228 valence electrons. The average molecular weight is 584 g/mol. The Labute approximate surface area is 246 Å². The van der Waals surface area contributed by atoms with E-state index in [-0.39, 0.29) is 37.1 Å². The molecular formula is C31H41N3O8. The molecule has 11 nitrogen and oxygen atoms in total. The monoisotopic (exact) mass is 583 g/mol. The Morgan fingerprint density at radius 3 is 2.33 bits per heavy atom. The van der Waals surface area contributed by atoms with E-state index in [1.165, 1.54) is 29.7 Å². The first-order chi connectivity index (χ1) is 20.1. The number of carbonyl (C=O) groups excluding carboxylic acids is 5. The SMILES string of the molecule is CC(=O)[C@H]1CC(=O)[C@@H]2CCCN2C(=O)[C@@H]2CCCN2C(=O)[C@H]([C@@H](C)O)NC(=O)/C=C/c2ccccc2OCCO[C@@H]1C. The third kappa shape index (κ3) is 7.25. The molecule has 0 spiro atoms. The van der Waals surface area contributed by atoms with Crippen LogP contribution in [0.25, 0.3) is 6.08 Å². The number of aliphatic hydroxyl groups is 1. The summed E-state index contributed by atoms with van der Waals surface area (Å²) in [5, 5.41) is 13.0. The first kappa shape index (κ1) is 31.4. The van der Waals surface area contributed by atoms with Gasteiger partial charge in [0, 0.05) is 31.1 Å². The Morgan fingerprint density at radius 1 is 0.976 bits per heavy atom. The lowest BCUT2D eigenvalue weighted by Gasteiger charge is -2.33. The number of para-hydroxylation sites is 1. The minimum absolute atomic E-state index is 0.0527. The van der Waals surface area contributed by atoms with E-state index in [0.29, 0.717) is 50.1 Å². The highest BCUT2D eigenvalue weighted by molar-refractivity contribution is 5.98. The minimum Gasteiger partial charge on any atom is -0.491 e. The Kier molecular flexibility index (Phi) is 10.5. The Morgan fingerprint density at radius 2 is 1.64 bits per heavy atom. The molecule has 2 fully saturated rings. The standard InChI is InChI=1S/C31H41N3O8/c1-19(35)23-18-26(37)24-9-6-14-33(24)30(39)25-10-7-15-34(25)31(40)29(20(2)36)32-28(38)13-12-22-8-4-5-11-27(22)42-17-16-41-21(23)3/h4-5,8,11-13,20-21,23-25,29,36H,6-7,9-10,14-18H2,1-3H3,(H,32,38)/b13-12+/t20-,21-,23-,24+,25+,29+/m1/s1. The van der Waals surface area contributed by atoms with Crippen molar-refractivity contribution in [1.82, 2.24) is 15.1 Å². The highest BCUT2D eigenvalue weighted by Crippen LogP contribution is 2.28. The molecule has 3 aliphatic heterocycles. The first-order valence-electron chi connectivity index (χ1n) is 14.7. The van der Waals surface area contributed by atoms with Crippen molar-refractivity contribution in [3.05, 3.63) is 35.9 Å². The van der Waals surface area contributed by atoms with Gasteiger partial charge in [-0.3, -0.25) is 24.0 Å². The lowest BCUT2D eigenvalue weighted by atomic mass is 9.90. The number of Topliss-reactive ketones (excluding diaryl/α,β-unsaturated/α-hetero) is 2. The van der Waals surface area contributed by atoms with E-state index in [1.54, 1.807) is 37.3 Å². The number of nitrogens with zero attached hydrogens (tertiary/aromatic N) is 2. The van der Waals surface area contributed by atoms with Crippen LogP contribution in [0.4, 0.5) is 0 Å². The Bertz CT molecular complexity index is 1210. The van der Waals surface area contributed by atoms with Gasteiger partial charge in [-0.1, -0.05) is 18.2 Å². The summed E-state index contributed by atoms with van der Waals surface area (Å²) in [5.41, 5.74) is 0.615. The summed E-state index contributed by atoms with van der Waals surface area (Å²) < 4.78 is 11.8. The van der Waals surface area contributed by atoms with Crippen LogP contribution < -0.4 is 10.1 Å². The number of ketones is 2. The highest BCUT2D eigenvalue weighted by Gasteiger charge is 2.44. The molecule has 2 saturated heterocycles. The number of fused-ring (bicyclic) bond motifs is 3. The summed E-state index contributed by atoms with van der Waals surface area (Å²) in [5.74, 6) is -2.01. The summed E-state index contributed by atoms with van der Waals surface area (Å²) in [4.78, 5) is 69.2. The highest BCUT2D eigenvalue weighted by atomic mass is 16.5. The molecule has 0 radical (unpaired) electrons. The molecule has 0 saturated carbocycles. The van der Waals surface area contributed by atoms with Gasteiger partial charge in [0.1, 0.15) is 30.2 Å². The topological polar surface area (TPSA) is 143 Å². The number of benzene rings is 1. The average Bonchev–Trinajstić information content (AvgIpc) is 3.65. The van der Waals surface area contributed by atoms with Gasteiger partial charge in [-0.15, -0.1) is 0 Å². The maximum atomic E-state index is 13.8. The number of aliphatic hydroxyl groups excluding tert-OH is 1. The summed E-state index contributed by atoms with van der Waals surface area (Å²) in [6.45, 7) is 5.61. The van der Waals surface area contributed by atoms with Crippen molar-refractivity contribution in [2.24, 2.45) is 5.92 Å². The number of ether oxygens (including phenoxy) is 2. The smallest absolute Gasteiger partial charge is 0.248 e. The molecule has 3 amide bonds. The van der Waals surface area contributed by atoms with Crippen LogP contribution in [0.2, 0.25) is 0 Å². The van der Waals surface area contributed by atoms with Crippen molar-refractivity contribution in [3.63, 3.8) is 0 Å². The van der Waals surface area contributed by atoms with Crippen LogP contribution in [0.3, 0.4) is 0 Å². The second-order valence-electron chi connectivity index (χ2n) is 11.3. The fraction of sp³-hybridized carbons (Fsp3) is 0.581. The number of carbonyl (C=O) groups is 5. The van der Waals surface area contributed by atoms with Gasteiger partial charge in [-0.05, 0) is 58.6 Å². The summed E-state index contributed by atoms with van der Waals surface area (Å²) >= 11 is 0. The number of nitrogens with one attached hydrogen (secondary N) is 1. The van der Waals surface area contributed by atoms with Crippen LogP contribution >= 0.6 is 0 Å². The fourth-order valence-corrected chi connectivity index (χ4v) is 6.02. The molecule has 3 aliphatic rings. The molecule has 0 aromatic heterocycles. The normalized spacial score (nSPS) is 29.9. The molecular weight excluding hydrogens is 542 g/mol. The molecule has 6 atom stereocenters. The maximum absolute atomic E-state index is 13.8. The predicted molar refractivity (Wildman–Crippen MR) is 153 cm³/mol. The molecule has 2 N–H and O–H groups in total. The van der Waals surface area contributed by atoms with E-state index in [4.69, 9.17) is 9.47 Å². The number of rotatable bonds is 2. The van der Waals surface area contributed by atoms with Gasteiger partial charge in [0.2, 0.25) is 17.7 Å². The molecule has 0 bridgehead atoms. The molecule has 0 unspecified atom stereocenters. The number of amides is 3. The van der Waals surface area contributed by atoms with E-state index in [0.717, 1.165) is 0 Å². The van der Waals surface area contributed by atoms with Crippen molar-refractivity contribution < 1.29 is 38.6 Å². The molecule has 0 aliphatic carbocycles. The van der Waals surface area contributed by atoms with Gasteiger partial charge in [-0.2, -0.15) is 0 Å². The lowest BCUT2D eigenvalue weighted by molar-refractivity contribution is -0.149. The van der Waals surface area contributed by atoms with E-state index in [2.05, 4.69) is 5.32 Å². The van der Waals surface area contributed by atoms with E-state index in [1.807, 2.05) is 0 Å². The molecule has 4 rings (SSSR count). The Hall–Kier alpha value is -3.57. The third-order valence-electron chi connectivity index (χ3n) is 8.34. The van der Waals surface area contributed by atoms with E-state index in [9.17, 15) is 29.1 Å². The molecule has 11 heteroatoms. The lowest BCUT2D eigenvalue weighted by Crippen LogP contribution is -2.57. The minimum atomic E-state index is -1.26. The van der Waals surface area contributed by atoms with Crippen LogP contribution in [-0.4, -0.2) is 101 Å². The molecule has 3 heterocycles. The van der Waals surface area contributed by atoms with Crippen LogP contribution in [0.1, 0.15) is 58.4 Å². The van der Waals surface area contributed by atoms with Crippen LogP contribution in [0.5, 0.6) is 5.75 Å². The zero-order valence-corrected chi connectivity index (χ0v) is 24.5. The number of hydrogen-bond donors (Lipinski definition) is 2. The largest absolute Gasteiger partial charge is 0.491 e. The van der Waals surface area contributed by atoms with Crippen molar-refractivity contribution in [1.29, 1.82) is 0 Å². The van der Waals surface area contributed by atoms with Crippen molar-refractivity contribution in [2.45, 2.75) is 83.2 Å². The van der Waals surface area contributed by atoms with Crippen LogP contribution in [0.15, 0.2) is 30.3 Å². The first-order valence-corrected chi connectivity index (χ1v) is 14.7. The second-order valence-corrected chi connectivity index (χ2v) is 11.3. The molecule has 1 aromatic rings. The maximum Gasteiger partial charge on any atom is 0.248 e. The van der Waals surface area contributed by atoms with Gasteiger partial charge in [0.25, 0.3) is 0 Å². The summed E-state index contributed by atoms with van der Waals surface area (Å²) in [6.07, 6.45) is 3.11. The summed E-state index contributed by atoms with van der Waals surface area (Å²) in [7, 11) is 0. The summed E-state index contributed by atoms with van der Waals surface area (Å²) in [6, 6.07) is 4.34. The number of hydrogen-bond acceptors (Lipinski definition) is 8.